The minimum absolute atomic E-state index is 0.140. The lowest BCUT2D eigenvalue weighted by atomic mass is 10.1. The van der Waals surface area contributed by atoms with Crippen molar-refractivity contribution in [3.63, 3.8) is 0 Å². The summed E-state index contributed by atoms with van der Waals surface area (Å²) in [6.45, 7) is 2.14. The lowest BCUT2D eigenvalue weighted by molar-refractivity contribution is -0.128. The summed E-state index contributed by atoms with van der Waals surface area (Å²) in [6.07, 6.45) is 7.58. The average molecular weight is 381 g/mol. The number of rotatable bonds is 3. The second-order valence-corrected chi connectivity index (χ2v) is 9.31. The van der Waals surface area contributed by atoms with Crippen molar-refractivity contribution < 1.29 is 17.9 Å². The van der Waals surface area contributed by atoms with Crippen LogP contribution in [0.4, 0.5) is 5.69 Å². The van der Waals surface area contributed by atoms with Crippen LogP contribution in [0.25, 0.3) is 0 Å². The monoisotopic (exact) mass is 380 g/mol. The van der Waals surface area contributed by atoms with E-state index >= 15 is 0 Å². The van der Waals surface area contributed by atoms with Gasteiger partial charge in [0.1, 0.15) is 5.75 Å². The number of fused-ring (bicyclic) bond motifs is 1. The van der Waals surface area contributed by atoms with Crippen LogP contribution < -0.4 is 14.4 Å². The molecule has 7 heteroatoms. The first-order valence-electron chi connectivity index (χ1n) is 9.40. The van der Waals surface area contributed by atoms with E-state index in [0.717, 1.165) is 31.2 Å². The van der Waals surface area contributed by atoms with Crippen molar-refractivity contribution in [3.05, 3.63) is 23.8 Å². The highest BCUT2D eigenvalue weighted by Crippen LogP contribution is 2.35. The van der Waals surface area contributed by atoms with Gasteiger partial charge in [-0.2, -0.15) is 0 Å². The second kappa shape index (κ2) is 7.86. The third-order valence-electron chi connectivity index (χ3n) is 5.14. The molecule has 0 radical (unpaired) electrons. The highest BCUT2D eigenvalue weighted by molar-refractivity contribution is 7.92. The lowest BCUT2D eigenvalue weighted by Gasteiger charge is -2.21. The van der Waals surface area contributed by atoms with Crippen LogP contribution in [0.2, 0.25) is 0 Å². The minimum Gasteiger partial charge on any atom is -0.478 e. The van der Waals surface area contributed by atoms with E-state index in [1.807, 2.05) is 13.0 Å². The molecule has 26 heavy (non-hydrogen) atoms. The standard InChI is InChI=1S/C19H28N2O4S/c1-14-9-10-17-16(13-14)21(26(2,23)24)12-11-18(25-17)19(22)20-15-7-5-3-4-6-8-15/h9-10,13,15,18H,3-8,11-12H2,1-2H3,(H,20,22). The van der Waals surface area contributed by atoms with E-state index < -0.39 is 16.1 Å². The summed E-state index contributed by atoms with van der Waals surface area (Å²) in [4.78, 5) is 12.8. The molecular formula is C19H28N2O4S. The number of nitrogens with one attached hydrogen (secondary N) is 1. The lowest BCUT2D eigenvalue weighted by Crippen LogP contribution is -2.44. The minimum atomic E-state index is -3.44. The predicted molar refractivity (Wildman–Crippen MR) is 102 cm³/mol. The Labute approximate surface area is 156 Å². The van der Waals surface area contributed by atoms with Gasteiger partial charge in [0.25, 0.3) is 5.91 Å². The van der Waals surface area contributed by atoms with Crippen LogP contribution in [0.15, 0.2) is 18.2 Å². The molecule has 1 saturated carbocycles. The highest BCUT2D eigenvalue weighted by Gasteiger charge is 2.32. The van der Waals surface area contributed by atoms with Gasteiger partial charge >= 0.3 is 0 Å². The quantitative estimate of drug-likeness (QED) is 0.818. The van der Waals surface area contributed by atoms with E-state index in [9.17, 15) is 13.2 Å². The molecular weight excluding hydrogens is 352 g/mol. The van der Waals surface area contributed by atoms with Gasteiger partial charge in [-0.15, -0.1) is 0 Å². The van der Waals surface area contributed by atoms with E-state index in [-0.39, 0.29) is 18.5 Å². The van der Waals surface area contributed by atoms with E-state index in [1.165, 1.54) is 23.4 Å². The van der Waals surface area contributed by atoms with E-state index in [1.54, 1.807) is 12.1 Å². The summed E-state index contributed by atoms with van der Waals surface area (Å²) in [7, 11) is -3.44. The molecule has 1 unspecified atom stereocenters. The zero-order chi connectivity index (χ0) is 18.7. The van der Waals surface area contributed by atoms with Gasteiger partial charge in [0, 0.05) is 19.0 Å². The van der Waals surface area contributed by atoms with Gasteiger partial charge in [0.05, 0.1) is 11.9 Å². The van der Waals surface area contributed by atoms with Gasteiger partial charge in [0.2, 0.25) is 10.0 Å². The molecule has 1 atom stereocenters. The first kappa shape index (κ1) is 19.0. The van der Waals surface area contributed by atoms with Crippen LogP contribution in [0, 0.1) is 6.92 Å². The Balaban J connectivity index is 1.79. The van der Waals surface area contributed by atoms with Crippen molar-refractivity contribution in [2.24, 2.45) is 0 Å². The molecule has 1 fully saturated rings. The molecule has 6 nitrogen and oxygen atoms in total. The number of amides is 1. The summed E-state index contributed by atoms with van der Waals surface area (Å²) in [5, 5.41) is 3.12. The Bertz CT molecular complexity index is 755. The number of nitrogens with zero attached hydrogens (tertiary/aromatic N) is 1. The molecule has 1 N–H and O–H groups in total. The van der Waals surface area contributed by atoms with Crippen molar-refractivity contribution in [1.82, 2.24) is 5.32 Å². The van der Waals surface area contributed by atoms with Gasteiger partial charge < -0.3 is 10.1 Å². The zero-order valence-corrected chi connectivity index (χ0v) is 16.3. The number of hydrogen-bond donors (Lipinski definition) is 1. The maximum absolute atomic E-state index is 12.8. The second-order valence-electron chi connectivity index (χ2n) is 7.40. The van der Waals surface area contributed by atoms with Crippen LogP contribution in [0.3, 0.4) is 0 Å². The molecule has 2 aliphatic rings. The van der Waals surface area contributed by atoms with Gasteiger partial charge in [-0.3, -0.25) is 9.10 Å². The van der Waals surface area contributed by atoms with Crippen molar-refractivity contribution in [3.8, 4) is 5.75 Å². The molecule has 1 aromatic rings. The van der Waals surface area contributed by atoms with Crippen LogP contribution in [0.5, 0.6) is 5.75 Å². The molecule has 3 rings (SSSR count). The summed E-state index contributed by atoms with van der Waals surface area (Å²) in [6, 6.07) is 5.60. The smallest absolute Gasteiger partial charge is 0.261 e. The molecule has 0 spiro atoms. The van der Waals surface area contributed by atoms with Gasteiger partial charge in [-0.25, -0.2) is 8.42 Å². The van der Waals surface area contributed by atoms with E-state index in [2.05, 4.69) is 5.32 Å². The summed E-state index contributed by atoms with van der Waals surface area (Å²) in [5.41, 5.74) is 1.46. The normalized spacial score (nSPS) is 21.9. The molecule has 1 aromatic carbocycles. The molecule has 0 saturated heterocycles. The maximum Gasteiger partial charge on any atom is 0.261 e. The molecule has 0 aromatic heterocycles. The maximum atomic E-state index is 12.8. The molecule has 1 amide bonds. The Kier molecular flexibility index (Phi) is 5.75. The number of aryl methyl sites for hydroxylation is 1. The summed E-state index contributed by atoms with van der Waals surface area (Å²) >= 11 is 0. The zero-order valence-electron chi connectivity index (χ0n) is 15.5. The number of ether oxygens (including phenoxy) is 1. The van der Waals surface area contributed by atoms with Gasteiger partial charge in [-0.05, 0) is 37.5 Å². The predicted octanol–water partition coefficient (Wildman–Crippen LogP) is 2.75. The first-order chi connectivity index (χ1) is 12.3. The number of benzene rings is 1. The van der Waals surface area contributed by atoms with Gasteiger partial charge in [0.15, 0.2) is 6.10 Å². The average Bonchev–Trinajstić information content (AvgIpc) is 2.92. The fourth-order valence-electron chi connectivity index (χ4n) is 3.74. The molecule has 144 valence electrons. The number of anilines is 1. The Hall–Kier alpha value is -1.76. The first-order valence-corrected chi connectivity index (χ1v) is 11.2. The van der Waals surface area contributed by atoms with Crippen molar-refractivity contribution in [2.75, 3.05) is 17.1 Å². The largest absolute Gasteiger partial charge is 0.478 e. The summed E-state index contributed by atoms with van der Waals surface area (Å²) in [5.74, 6) is 0.304. The van der Waals surface area contributed by atoms with E-state index in [4.69, 9.17) is 4.74 Å². The molecule has 0 bridgehead atoms. The number of hydrogen-bond acceptors (Lipinski definition) is 4. The van der Waals surface area contributed by atoms with Crippen molar-refractivity contribution >= 4 is 21.6 Å². The molecule has 1 aliphatic carbocycles. The third-order valence-corrected chi connectivity index (χ3v) is 6.32. The van der Waals surface area contributed by atoms with Crippen LogP contribution in [-0.2, 0) is 14.8 Å². The Morgan fingerprint density at radius 1 is 1.15 bits per heavy atom. The Morgan fingerprint density at radius 2 is 1.85 bits per heavy atom. The van der Waals surface area contributed by atoms with Crippen LogP contribution in [-0.4, -0.2) is 39.3 Å². The Morgan fingerprint density at radius 3 is 2.50 bits per heavy atom. The highest BCUT2D eigenvalue weighted by atomic mass is 32.2. The van der Waals surface area contributed by atoms with Crippen LogP contribution in [0.1, 0.15) is 50.5 Å². The van der Waals surface area contributed by atoms with Crippen molar-refractivity contribution in [1.29, 1.82) is 0 Å². The number of carbonyl (C=O) groups is 1. The van der Waals surface area contributed by atoms with E-state index in [0.29, 0.717) is 17.9 Å². The fraction of sp³-hybridized carbons (Fsp3) is 0.632. The SMILES string of the molecule is Cc1ccc2c(c1)N(S(C)(=O)=O)CCC(C(=O)NC1CCCCCC1)O2. The summed E-state index contributed by atoms with van der Waals surface area (Å²) < 4.78 is 31.7. The van der Waals surface area contributed by atoms with Gasteiger partial charge in [-0.1, -0.05) is 31.7 Å². The molecule has 1 heterocycles. The van der Waals surface area contributed by atoms with Crippen LogP contribution >= 0.6 is 0 Å². The number of sulfonamides is 1. The topological polar surface area (TPSA) is 75.7 Å². The molecule has 1 aliphatic heterocycles. The fourth-order valence-corrected chi connectivity index (χ4v) is 4.67. The van der Waals surface area contributed by atoms with Crippen molar-refractivity contribution in [2.45, 2.75) is 64.0 Å². The third kappa shape index (κ3) is 4.50. The number of carbonyl (C=O) groups excluding carboxylic acids is 1.